The van der Waals surface area contributed by atoms with Crippen LogP contribution >= 0.6 is 0 Å². The van der Waals surface area contributed by atoms with E-state index in [1.165, 1.54) is 32.4 Å². The second-order valence-corrected chi connectivity index (χ2v) is 2.10. The van der Waals surface area contributed by atoms with Crippen molar-refractivity contribution in [1.29, 1.82) is 0 Å². The Morgan fingerprint density at radius 1 is 0.667 bits per heavy atom. The third kappa shape index (κ3) is 82.8. The van der Waals surface area contributed by atoms with E-state index in [0.717, 1.165) is 0 Å². The van der Waals surface area contributed by atoms with Crippen LogP contribution in [-0.4, -0.2) is 29.5 Å². The molecule has 0 unspecified atom stereocenters. The van der Waals surface area contributed by atoms with Gasteiger partial charge in [-0.1, -0.05) is 50.0 Å². The van der Waals surface area contributed by atoms with Gasteiger partial charge in [-0.05, 0) is 25.9 Å². The molecule has 0 aliphatic rings. The van der Waals surface area contributed by atoms with Crippen LogP contribution < -0.4 is 5.32 Å². The van der Waals surface area contributed by atoms with Gasteiger partial charge in [0.2, 0.25) is 0 Å². The number of hydrogen-bond acceptors (Lipinski definition) is 1. The van der Waals surface area contributed by atoms with Crippen molar-refractivity contribution in [3.63, 3.8) is 0 Å². The Balaban J connectivity index is -0.0000000117. The van der Waals surface area contributed by atoms with Crippen molar-refractivity contribution < 1.29 is 16.4 Å². The maximum absolute atomic E-state index is 3.34. The molecule has 4 heteroatoms. The van der Waals surface area contributed by atoms with E-state index in [2.05, 4.69) is 19.2 Å². The van der Waals surface area contributed by atoms with Crippen LogP contribution in [0.1, 0.15) is 62.8 Å². The van der Waals surface area contributed by atoms with E-state index >= 15 is 0 Å². The van der Waals surface area contributed by atoms with Gasteiger partial charge in [-0.25, -0.2) is 0 Å². The molecule has 0 heterocycles. The molecule has 0 bridgehead atoms. The van der Waals surface area contributed by atoms with Crippen LogP contribution in [0, 0.1) is 0 Å². The van der Waals surface area contributed by atoms with E-state index in [9.17, 15) is 0 Å². The lowest BCUT2D eigenvalue weighted by atomic mass is 10.3. The topological polar surface area (TPSA) is 107 Å². The zero-order valence-corrected chi connectivity index (χ0v) is 7.54. The quantitative estimate of drug-likeness (QED) is 0.719. The van der Waals surface area contributed by atoms with Crippen molar-refractivity contribution in [2.45, 2.75) is 62.8 Å². The molecule has 0 amide bonds. The molecule has 0 aromatic carbocycles. The molecule has 0 aliphatic heterocycles. The Morgan fingerprint density at radius 3 is 1.33 bits per heavy atom. The molecule has 0 spiro atoms. The lowest BCUT2D eigenvalue weighted by molar-refractivity contribution is 0.633. The molecule has 0 aromatic rings. The third-order valence-corrected chi connectivity index (χ3v) is 1.13. The first-order valence-electron chi connectivity index (χ1n) is 3.62. The molecule has 0 atom stereocenters. The van der Waals surface area contributed by atoms with E-state index in [4.69, 9.17) is 0 Å². The molecule has 7 N–H and O–H groups in total. The second-order valence-electron chi connectivity index (χ2n) is 2.10. The van der Waals surface area contributed by atoms with Crippen molar-refractivity contribution in [2.75, 3.05) is 13.1 Å². The number of nitrogens with one attached hydrogen (secondary N) is 1. The predicted molar refractivity (Wildman–Crippen MR) is 75.8 cm³/mol. The first-order chi connectivity index (χ1) is 3.91. The van der Waals surface area contributed by atoms with Crippen molar-refractivity contribution >= 4 is 0 Å². The molecule has 0 saturated heterocycles. The normalized spacial score (nSPS) is 5.20. The molecule has 0 aromatic heterocycles. The van der Waals surface area contributed by atoms with E-state index in [1.54, 1.807) is 0 Å². The first kappa shape index (κ1) is 60.8. The summed E-state index contributed by atoms with van der Waals surface area (Å²) < 4.78 is 0. The zero-order valence-electron chi connectivity index (χ0n) is 7.54. The average molecular weight is 233 g/mol. The molecule has 106 valence electrons. The van der Waals surface area contributed by atoms with Gasteiger partial charge in [-0.3, -0.25) is 0 Å². The molecule has 0 radical (unpaired) electrons. The predicted octanol–water partition coefficient (Wildman–Crippen LogP) is 1.86. The molecular weight excluding hydrogens is 194 g/mol. The van der Waals surface area contributed by atoms with Crippen molar-refractivity contribution in [3.8, 4) is 0 Å². The first-order valence-corrected chi connectivity index (χ1v) is 3.62. The lowest BCUT2D eigenvalue weighted by Gasteiger charge is -1.98. The fraction of sp³-hybridized carbons (Fsp3) is 1.00. The van der Waals surface area contributed by atoms with Gasteiger partial charge in [0, 0.05) is 0 Å². The van der Waals surface area contributed by atoms with Gasteiger partial charge in [0.1, 0.15) is 0 Å². The monoisotopic (exact) mass is 233 g/mol. The Kier molecular flexibility index (Phi) is 271. The fourth-order valence-electron chi connectivity index (χ4n) is 0.604. The summed E-state index contributed by atoms with van der Waals surface area (Å²) in [4.78, 5) is 0. The van der Waals surface area contributed by atoms with Crippen LogP contribution in [-0.2, 0) is 0 Å². The zero-order chi connectivity index (χ0) is 6.24. The number of hydrogen-bond donors (Lipinski definition) is 1. The summed E-state index contributed by atoms with van der Waals surface area (Å²) >= 11 is 0. The van der Waals surface area contributed by atoms with Gasteiger partial charge >= 0.3 is 0 Å². The van der Waals surface area contributed by atoms with Crippen LogP contribution in [0.2, 0.25) is 0 Å². The molecule has 0 rings (SSSR count). The van der Waals surface area contributed by atoms with E-state index in [1.807, 2.05) is 0 Å². The SMILES string of the molecule is C.C.C.C.CCCCNCCC.O.O.O. The van der Waals surface area contributed by atoms with Gasteiger partial charge in [-0.2, -0.15) is 0 Å². The largest absolute Gasteiger partial charge is 0.412 e. The van der Waals surface area contributed by atoms with Crippen LogP contribution in [0.25, 0.3) is 0 Å². The van der Waals surface area contributed by atoms with Gasteiger partial charge in [0.05, 0.1) is 0 Å². The van der Waals surface area contributed by atoms with Crippen molar-refractivity contribution in [1.82, 2.24) is 5.32 Å². The Morgan fingerprint density at radius 2 is 1.07 bits per heavy atom. The highest BCUT2D eigenvalue weighted by atomic mass is 16.0. The summed E-state index contributed by atoms with van der Waals surface area (Å²) in [7, 11) is 0. The van der Waals surface area contributed by atoms with Gasteiger partial charge in [0.15, 0.2) is 0 Å². The molecule has 4 nitrogen and oxygen atoms in total. The average Bonchev–Trinajstić information content (AvgIpc) is 1.81. The summed E-state index contributed by atoms with van der Waals surface area (Å²) in [5.41, 5.74) is 0. The Hall–Kier alpha value is -0.160. The fourth-order valence-corrected chi connectivity index (χ4v) is 0.604. The standard InChI is InChI=1S/C7H17N.4CH4.3H2O/c1-3-5-7-8-6-4-2;;;;;;;/h8H,3-7H2,1-2H3;4*1H4;3*1H2. The number of rotatable bonds is 5. The summed E-state index contributed by atoms with van der Waals surface area (Å²) in [6, 6.07) is 0. The summed E-state index contributed by atoms with van der Waals surface area (Å²) in [6.07, 6.45) is 3.88. The van der Waals surface area contributed by atoms with Crippen LogP contribution in [0.3, 0.4) is 0 Å². The molecule has 15 heavy (non-hydrogen) atoms. The molecule has 0 aliphatic carbocycles. The molecule has 0 saturated carbocycles. The minimum atomic E-state index is 0. The molecular formula is C11H39NO3. The van der Waals surface area contributed by atoms with E-state index < -0.39 is 0 Å². The highest BCUT2D eigenvalue weighted by Gasteiger charge is 1.80. The lowest BCUT2D eigenvalue weighted by Crippen LogP contribution is -2.15. The summed E-state index contributed by atoms with van der Waals surface area (Å²) in [6.45, 7) is 6.79. The highest BCUT2D eigenvalue weighted by molar-refractivity contribution is 4.43. The van der Waals surface area contributed by atoms with E-state index in [0.29, 0.717) is 0 Å². The van der Waals surface area contributed by atoms with Gasteiger partial charge < -0.3 is 21.7 Å². The van der Waals surface area contributed by atoms with Crippen molar-refractivity contribution in [3.05, 3.63) is 0 Å². The smallest absolute Gasteiger partial charge is 0.00490 e. The highest BCUT2D eigenvalue weighted by Crippen LogP contribution is 1.81. The summed E-state index contributed by atoms with van der Waals surface area (Å²) in [5.74, 6) is 0. The Labute approximate surface area is 98.4 Å². The van der Waals surface area contributed by atoms with Crippen LogP contribution in [0.5, 0.6) is 0 Å². The number of unbranched alkanes of at least 4 members (excludes halogenated alkanes) is 1. The Bertz CT molecular complexity index is 40.8. The second kappa shape index (κ2) is 66.9. The van der Waals surface area contributed by atoms with Gasteiger partial charge in [0.25, 0.3) is 0 Å². The van der Waals surface area contributed by atoms with Crippen LogP contribution in [0.15, 0.2) is 0 Å². The van der Waals surface area contributed by atoms with Gasteiger partial charge in [-0.15, -0.1) is 0 Å². The molecule has 0 fully saturated rings. The maximum atomic E-state index is 3.34. The van der Waals surface area contributed by atoms with Crippen LogP contribution in [0.4, 0.5) is 0 Å². The third-order valence-electron chi connectivity index (χ3n) is 1.13. The van der Waals surface area contributed by atoms with E-state index in [-0.39, 0.29) is 46.1 Å². The van der Waals surface area contributed by atoms with Crippen molar-refractivity contribution in [2.24, 2.45) is 0 Å². The minimum Gasteiger partial charge on any atom is -0.412 e. The summed E-state index contributed by atoms with van der Waals surface area (Å²) in [5, 5.41) is 3.34. The minimum absolute atomic E-state index is 0. The maximum Gasteiger partial charge on any atom is -0.00490 e.